The van der Waals surface area contributed by atoms with Crippen LogP contribution in [0.1, 0.15) is 35.1 Å². The van der Waals surface area contributed by atoms with E-state index in [1.807, 2.05) is 18.3 Å². The van der Waals surface area contributed by atoms with Gasteiger partial charge in [0.2, 0.25) is 0 Å². The quantitative estimate of drug-likeness (QED) is 0.118. The van der Waals surface area contributed by atoms with E-state index < -0.39 is 13.3 Å². The summed E-state index contributed by atoms with van der Waals surface area (Å²) in [5.41, 5.74) is 15.5. The third-order valence-electron chi connectivity index (χ3n) is 10.8. The molecular weight excluding hydrogens is 945 g/mol. The Bertz CT molecular complexity index is 2810. The summed E-state index contributed by atoms with van der Waals surface area (Å²) in [7, 11) is 0. The van der Waals surface area contributed by atoms with Gasteiger partial charge in [-0.05, 0) is 40.1 Å². The van der Waals surface area contributed by atoms with Crippen LogP contribution in [0.15, 0.2) is 168 Å². The zero-order valence-electron chi connectivity index (χ0n) is 33.8. The van der Waals surface area contributed by atoms with Crippen molar-refractivity contribution < 1.29 is 24.5 Å². The van der Waals surface area contributed by atoms with Crippen LogP contribution in [0.4, 0.5) is 0 Å². The number of aryl methyl sites for hydroxylation is 2. The summed E-state index contributed by atoms with van der Waals surface area (Å²) < 4.78 is 7.89. The van der Waals surface area contributed by atoms with Crippen molar-refractivity contribution >= 4 is 39.6 Å². The van der Waals surface area contributed by atoms with Crippen LogP contribution in [0.5, 0.6) is 0 Å². The molecule has 0 N–H and O–H groups in total. The van der Waals surface area contributed by atoms with Gasteiger partial charge in [0.25, 0.3) is 0 Å². The van der Waals surface area contributed by atoms with Crippen molar-refractivity contribution in [2.75, 3.05) is 0 Å². The van der Waals surface area contributed by atoms with Crippen molar-refractivity contribution in [3.63, 3.8) is 0 Å². The zero-order valence-corrected chi connectivity index (χ0v) is 38.3. The molecule has 0 aliphatic carbocycles. The Kier molecular flexibility index (Phi) is 12.4. The molecule has 0 aliphatic rings. The zero-order chi connectivity index (χ0) is 39.5. The Morgan fingerprint density at radius 2 is 1.29 bits per heavy atom. The van der Waals surface area contributed by atoms with Crippen molar-refractivity contribution in [2.45, 2.75) is 44.0 Å². The van der Waals surface area contributed by atoms with E-state index in [-0.39, 0.29) is 26.0 Å². The van der Waals surface area contributed by atoms with Gasteiger partial charge in [-0.15, -0.1) is 18.2 Å². The molecular formula is C53H46GeIrN2O-2. The molecule has 0 bridgehead atoms. The predicted octanol–water partition coefficient (Wildman–Crippen LogP) is 13.6. The van der Waals surface area contributed by atoms with Gasteiger partial charge in [0.05, 0.1) is 5.58 Å². The van der Waals surface area contributed by atoms with Crippen LogP contribution >= 0.6 is 0 Å². The fraction of sp³-hybridized carbons (Fsp3) is 0.132. The van der Waals surface area contributed by atoms with Gasteiger partial charge in [-0.2, -0.15) is 0 Å². The summed E-state index contributed by atoms with van der Waals surface area (Å²) in [5, 5.41) is 2.19. The molecule has 1 radical (unpaired) electrons. The summed E-state index contributed by atoms with van der Waals surface area (Å²) >= 11 is -1.86. The summed E-state index contributed by atoms with van der Waals surface area (Å²) in [6.07, 6.45) is 3.98. The van der Waals surface area contributed by atoms with E-state index in [1.165, 1.54) is 43.3 Å². The number of pyridine rings is 2. The average Bonchev–Trinajstić information content (AvgIpc) is 3.62. The van der Waals surface area contributed by atoms with E-state index in [4.69, 9.17) is 9.40 Å². The van der Waals surface area contributed by atoms with Gasteiger partial charge < -0.3 is 9.40 Å². The van der Waals surface area contributed by atoms with Gasteiger partial charge in [-0.3, -0.25) is 0 Å². The second-order valence-electron chi connectivity index (χ2n) is 15.8. The van der Waals surface area contributed by atoms with Crippen molar-refractivity contribution in [3.8, 4) is 44.8 Å². The molecule has 0 spiro atoms. The Hall–Kier alpha value is -5.39. The molecule has 0 saturated carbocycles. The second-order valence-corrected chi connectivity index (χ2v) is 26.4. The van der Waals surface area contributed by atoms with Crippen molar-refractivity contribution in [1.82, 2.24) is 9.97 Å². The maximum Gasteiger partial charge on any atom is 0 e. The molecule has 9 aromatic rings. The van der Waals surface area contributed by atoms with Crippen molar-refractivity contribution in [2.24, 2.45) is 0 Å². The largest absolute Gasteiger partial charge is 0 e. The van der Waals surface area contributed by atoms with Crippen LogP contribution in [0.3, 0.4) is 0 Å². The van der Waals surface area contributed by atoms with E-state index in [9.17, 15) is 0 Å². The summed E-state index contributed by atoms with van der Waals surface area (Å²) in [6.45, 7) is 6.58. The Morgan fingerprint density at radius 1 is 0.603 bits per heavy atom. The van der Waals surface area contributed by atoms with Gasteiger partial charge in [0, 0.05) is 37.6 Å². The molecule has 0 aliphatic heterocycles. The number of furan rings is 1. The first-order valence-electron chi connectivity index (χ1n) is 19.6. The standard InChI is InChI=1S/C31H22NO.C22H24GeN.Ir/c1-21(22-9-4-2-5-10-22)24-17-18-32-29(19-24)28-14-8-13-27-26-16-15-25(20-30(26)33-31(27)28)23-11-6-3-7-12-23;1-16-11-12-19(14-20(16)18-9-7-6-8-10-18)22-13-17(2)21(15-24-22)23(3,4)5;/h2-13,15-21H,1H3;6-11,13-15H,1-5H3;/q2*-1;. The van der Waals surface area contributed by atoms with E-state index in [0.29, 0.717) is 0 Å². The number of aromatic nitrogens is 2. The Morgan fingerprint density at radius 3 is 1.98 bits per heavy atom. The molecule has 6 aromatic carbocycles. The van der Waals surface area contributed by atoms with Gasteiger partial charge in [0.15, 0.2) is 0 Å². The summed E-state index contributed by atoms with van der Waals surface area (Å²) in [6, 6.07) is 59.5. The third-order valence-corrected chi connectivity index (χ3v) is 15.3. The minimum atomic E-state index is -1.86. The van der Waals surface area contributed by atoms with Gasteiger partial charge in [-0.25, -0.2) is 0 Å². The molecule has 289 valence electrons. The first-order valence-corrected chi connectivity index (χ1v) is 27.0. The normalized spacial score (nSPS) is 11.8. The number of fused-ring (bicyclic) bond motifs is 3. The molecule has 5 heteroatoms. The van der Waals surface area contributed by atoms with Crippen molar-refractivity contribution in [1.29, 1.82) is 0 Å². The minimum Gasteiger partial charge on any atom is 0 e. The number of rotatable bonds is 7. The monoisotopic (exact) mass is 993 g/mol. The van der Waals surface area contributed by atoms with Crippen LogP contribution in [-0.2, 0) is 20.1 Å². The molecule has 0 fully saturated rings. The molecule has 3 aromatic heterocycles. The maximum absolute atomic E-state index is 6.41. The first-order chi connectivity index (χ1) is 27.6. The molecule has 3 heterocycles. The van der Waals surface area contributed by atoms with E-state index in [1.54, 1.807) is 0 Å². The molecule has 3 nitrogen and oxygen atoms in total. The SMILES string of the molecule is CC(c1ccccc1)c1ccnc(-c2[c-]ccc3c2oc2cc(-c4ccccc4)ccc23)c1.Cc1c[c-]c(-c2cc(C)[c]([Ge]([CH3])([CH3])[CH3])cn2)cc1-c1ccccc1.[Ir]. The third kappa shape index (κ3) is 8.71. The summed E-state index contributed by atoms with van der Waals surface area (Å²) in [4.78, 5) is 9.44. The topological polar surface area (TPSA) is 38.9 Å². The average molecular weight is 992 g/mol. The first kappa shape index (κ1) is 40.8. The smallest absolute Gasteiger partial charge is 0 e. The van der Waals surface area contributed by atoms with Crippen LogP contribution in [0, 0.1) is 26.0 Å². The minimum absolute atomic E-state index is 0. The Balaban J connectivity index is 0.000000183. The second kappa shape index (κ2) is 17.6. The molecule has 1 unspecified atom stereocenters. The number of nitrogens with zero attached hydrogens (tertiary/aromatic N) is 2. The van der Waals surface area contributed by atoms with E-state index >= 15 is 0 Å². The molecule has 58 heavy (non-hydrogen) atoms. The van der Waals surface area contributed by atoms with Crippen LogP contribution in [0.2, 0.25) is 17.3 Å². The molecule has 0 saturated heterocycles. The van der Waals surface area contributed by atoms with Crippen LogP contribution in [0.25, 0.3) is 66.7 Å². The van der Waals surface area contributed by atoms with Gasteiger partial charge in [0.1, 0.15) is 5.58 Å². The molecule has 1 atom stereocenters. The number of hydrogen-bond acceptors (Lipinski definition) is 3. The van der Waals surface area contributed by atoms with Gasteiger partial charge in [-0.1, -0.05) is 96.7 Å². The van der Waals surface area contributed by atoms with Gasteiger partial charge >= 0.3 is 148 Å². The van der Waals surface area contributed by atoms with E-state index in [2.05, 4.69) is 201 Å². The molecule has 9 rings (SSSR count). The van der Waals surface area contributed by atoms with Crippen LogP contribution in [-0.4, -0.2) is 23.2 Å². The predicted molar refractivity (Wildman–Crippen MR) is 242 cm³/mol. The number of benzene rings is 6. The van der Waals surface area contributed by atoms with E-state index in [0.717, 1.165) is 50.0 Å². The van der Waals surface area contributed by atoms with Crippen molar-refractivity contribution in [3.05, 3.63) is 198 Å². The van der Waals surface area contributed by atoms with Crippen LogP contribution < -0.4 is 4.40 Å². The number of hydrogen-bond donors (Lipinski definition) is 0. The molecule has 0 amide bonds. The Labute approximate surface area is 359 Å². The fourth-order valence-corrected chi connectivity index (χ4v) is 11.2. The summed E-state index contributed by atoms with van der Waals surface area (Å²) in [5.74, 6) is 7.51. The maximum atomic E-state index is 6.41. The fourth-order valence-electron chi connectivity index (χ4n) is 7.66.